The molecule has 7 nitrogen and oxygen atoms in total. The normalized spacial score (nSPS) is 15.6. The molecule has 0 fully saturated rings. The minimum atomic E-state index is 0.00783. The van der Waals surface area contributed by atoms with E-state index in [0.29, 0.717) is 24.1 Å². The fourth-order valence-electron chi connectivity index (χ4n) is 3.76. The summed E-state index contributed by atoms with van der Waals surface area (Å²) < 4.78 is 7.24. The summed E-state index contributed by atoms with van der Waals surface area (Å²) in [5.74, 6) is 1.05. The van der Waals surface area contributed by atoms with Gasteiger partial charge in [0.25, 0.3) is 0 Å². The number of hydrogen-bond acceptors (Lipinski definition) is 6. The second-order valence-corrected chi connectivity index (χ2v) is 8.13. The Morgan fingerprint density at radius 2 is 2.07 bits per heavy atom. The Kier molecular flexibility index (Phi) is 6.76. The van der Waals surface area contributed by atoms with Crippen LogP contribution in [0.1, 0.15) is 30.0 Å². The first-order valence-corrected chi connectivity index (χ1v) is 11.1. The Morgan fingerprint density at radius 3 is 2.90 bits per heavy atom. The van der Waals surface area contributed by atoms with E-state index in [9.17, 15) is 4.79 Å². The smallest absolute Gasteiger partial charge is 0.230 e. The van der Waals surface area contributed by atoms with Crippen LogP contribution in [0.4, 0.5) is 0 Å². The zero-order chi connectivity index (χ0) is 20.8. The summed E-state index contributed by atoms with van der Waals surface area (Å²) in [4.78, 5) is 16.7. The third kappa shape index (κ3) is 4.71. The van der Waals surface area contributed by atoms with Crippen molar-refractivity contribution in [3.63, 3.8) is 0 Å². The van der Waals surface area contributed by atoms with E-state index in [4.69, 9.17) is 4.74 Å². The van der Waals surface area contributed by atoms with Gasteiger partial charge in [-0.25, -0.2) is 0 Å². The van der Waals surface area contributed by atoms with Crippen molar-refractivity contribution < 1.29 is 9.53 Å². The number of nitrogens with one attached hydrogen (secondary N) is 1. The highest BCUT2D eigenvalue weighted by Crippen LogP contribution is 2.30. The third-order valence-electron chi connectivity index (χ3n) is 5.21. The fourth-order valence-corrected chi connectivity index (χ4v) is 4.54. The number of fused-ring (bicyclic) bond motifs is 1. The van der Waals surface area contributed by atoms with Gasteiger partial charge in [0.05, 0.1) is 24.9 Å². The minimum absolute atomic E-state index is 0.00783. The number of benzene rings is 1. The van der Waals surface area contributed by atoms with Crippen LogP contribution in [0.2, 0.25) is 0 Å². The van der Waals surface area contributed by atoms with Gasteiger partial charge in [-0.3, -0.25) is 14.3 Å². The lowest BCUT2D eigenvalue weighted by Crippen LogP contribution is -2.32. The fraction of sp³-hybridized carbons (Fsp3) is 0.364. The molecule has 0 saturated carbocycles. The largest absolute Gasteiger partial charge is 0.383 e. The maximum Gasteiger partial charge on any atom is 0.230 e. The van der Waals surface area contributed by atoms with Gasteiger partial charge in [-0.2, -0.15) is 0 Å². The molecule has 3 aromatic rings. The zero-order valence-corrected chi connectivity index (χ0v) is 17.8. The Labute approximate surface area is 180 Å². The summed E-state index contributed by atoms with van der Waals surface area (Å²) in [6.07, 6.45) is 6.61. The van der Waals surface area contributed by atoms with Crippen LogP contribution in [0.25, 0.3) is 11.4 Å². The second-order valence-electron chi connectivity index (χ2n) is 7.19. The molecule has 2 heterocycles. The molecule has 4 rings (SSSR count). The van der Waals surface area contributed by atoms with Crippen molar-refractivity contribution in [1.82, 2.24) is 25.1 Å². The lowest BCUT2D eigenvalue weighted by molar-refractivity contribution is -0.119. The quantitative estimate of drug-likeness (QED) is 0.560. The number of carbonyl (C=O) groups is 1. The topological polar surface area (TPSA) is 81.9 Å². The molecular weight excluding hydrogens is 398 g/mol. The zero-order valence-electron chi connectivity index (χ0n) is 17.0. The van der Waals surface area contributed by atoms with Crippen LogP contribution in [0, 0.1) is 0 Å². The summed E-state index contributed by atoms with van der Waals surface area (Å²) in [5, 5.41) is 12.6. The summed E-state index contributed by atoms with van der Waals surface area (Å²) in [7, 11) is 1.67. The molecule has 1 atom stereocenters. The van der Waals surface area contributed by atoms with Crippen molar-refractivity contribution in [1.29, 1.82) is 0 Å². The van der Waals surface area contributed by atoms with Crippen molar-refractivity contribution in [3.05, 3.63) is 59.9 Å². The number of ether oxygens (including phenoxy) is 1. The van der Waals surface area contributed by atoms with Crippen molar-refractivity contribution >= 4 is 17.7 Å². The number of aryl methyl sites for hydroxylation is 1. The predicted octanol–water partition coefficient (Wildman–Crippen LogP) is 3.27. The van der Waals surface area contributed by atoms with E-state index in [0.717, 1.165) is 30.7 Å². The Hall–Kier alpha value is -2.71. The number of pyridine rings is 1. The molecule has 0 aliphatic heterocycles. The van der Waals surface area contributed by atoms with Crippen molar-refractivity contribution in [2.24, 2.45) is 0 Å². The molecular formula is C22H25N5O2S. The van der Waals surface area contributed by atoms with Gasteiger partial charge in [0, 0.05) is 25.1 Å². The van der Waals surface area contributed by atoms with Crippen LogP contribution in [0.5, 0.6) is 0 Å². The van der Waals surface area contributed by atoms with E-state index < -0.39 is 0 Å². The Morgan fingerprint density at radius 1 is 1.23 bits per heavy atom. The first-order valence-electron chi connectivity index (χ1n) is 10.1. The highest BCUT2D eigenvalue weighted by Gasteiger charge is 2.22. The number of methoxy groups -OCH3 is 1. The van der Waals surface area contributed by atoms with Gasteiger partial charge in [0.2, 0.25) is 5.91 Å². The third-order valence-corrected chi connectivity index (χ3v) is 6.18. The van der Waals surface area contributed by atoms with Crippen LogP contribution in [-0.4, -0.2) is 45.1 Å². The van der Waals surface area contributed by atoms with Gasteiger partial charge in [0.1, 0.15) is 0 Å². The average Bonchev–Trinajstić information content (AvgIpc) is 3.20. The maximum absolute atomic E-state index is 12.7. The Balaban J connectivity index is 1.43. The van der Waals surface area contributed by atoms with Crippen LogP contribution in [0.15, 0.2) is 53.9 Å². The number of aromatic nitrogens is 4. The number of amides is 1. The molecule has 0 saturated heterocycles. The van der Waals surface area contributed by atoms with Crippen LogP contribution >= 0.6 is 11.8 Å². The van der Waals surface area contributed by atoms with Gasteiger partial charge in [-0.15, -0.1) is 10.2 Å². The van der Waals surface area contributed by atoms with Crippen molar-refractivity contribution in [3.8, 4) is 11.4 Å². The van der Waals surface area contributed by atoms with E-state index in [2.05, 4.69) is 38.7 Å². The van der Waals surface area contributed by atoms with Crippen LogP contribution in [0.3, 0.4) is 0 Å². The first-order chi connectivity index (χ1) is 14.8. The lowest BCUT2D eigenvalue weighted by Gasteiger charge is -2.26. The number of hydrogen-bond donors (Lipinski definition) is 1. The molecule has 156 valence electrons. The molecule has 2 aromatic heterocycles. The number of nitrogens with zero attached hydrogens (tertiary/aromatic N) is 4. The van der Waals surface area contributed by atoms with Gasteiger partial charge in [-0.1, -0.05) is 36.0 Å². The monoisotopic (exact) mass is 423 g/mol. The minimum Gasteiger partial charge on any atom is -0.383 e. The summed E-state index contributed by atoms with van der Waals surface area (Å²) in [6.45, 7) is 1.15. The standard InChI is InChI=1S/C22H25N5O2S/c1-29-14-13-27-21(17-9-11-23-12-10-17)25-26-22(27)30-15-20(28)24-19-8-4-6-16-5-2-3-7-18(16)19/h2-3,5,7,9-12,19H,4,6,8,13-15H2,1H3,(H,24,28)/t19-/m1/s1. The molecule has 0 radical (unpaired) electrons. The molecule has 0 unspecified atom stereocenters. The molecule has 1 N–H and O–H groups in total. The van der Waals surface area contributed by atoms with Gasteiger partial charge in [0.15, 0.2) is 11.0 Å². The molecule has 8 heteroatoms. The molecule has 0 spiro atoms. The first kappa shape index (κ1) is 20.6. The van der Waals surface area contributed by atoms with E-state index in [1.807, 2.05) is 22.8 Å². The highest BCUT2D eigenvalue weighted by molar-refractivity contribution is 7.99. The van der Waals surface area contributed by atoms with Crippen LogP contribution in [-0.2, 0) is 22.5 Å². The van der Waals surface area contributed by atoms with Gasteiger partial charge >= 0.3 is 0 Å². The van der Waals surface area contributed by atoms with E-state index >= 15 is 0 Å². The maximum atomic E-state index is 12.7. The lowest BCUT2D eigenvalue weighted by atomic mass is 9.88. The van der Waals surface area contributed by atoms with Crippen LogP contribution < -0.4 is 5.32 Å². The van der Waals surface area contributed by atoms with Gasteiger partial charge in [-0.05, 0) is 42.5 Å². The van der Waals surface area contributed by atoms with E-state index in [1.165, 1.54) is 22.9 Å². The number of rotatable bonds is 8. The Bertz CT molecular complexity index is 992. The summed E-state index contributed by atoms with van der Waals surface area (Å²) in [6, 6.07) is 12.3. The number of thioether (sulfide) groups is 1. The molecule has 30 heavy (non-hydrogen) atoms. The average molecular weight is 424 g/mol. The van der Waals surface area contributed by atoms with Gasteiger partial charge < -0.3 is 10.1 Å². The molecule has 0 bridgehead atoms. The molecule has 1 amide bonds. The molecule has 1 aromatic carbocycles. The van der Waals surface area contributed by atoms with Crippen molar-refractivity contribution in [2.75, 3.05) is 19.5 Å². The second kappa shape index (κ2) is 9.86. The predicted molar refractivity (Wildman–Crippen MR) is 116 cm³/mol. The van der Waals surface area contributed by atoms with E-state index in [1.54, 1.807) is 19.5 Å². The van der Waals surface area contributed by atoms with Crippen molar-refractivity contribution in [2.45, 2.75) is 37.0 Å². The summed E-state index contributed by atoms with van der Waals surface area (Å²) >= 11 is 1.40. The summed E-state index contributed by atoms with van der Waals surface area (Å²) in [5.41, 5.74) is 3.51. The highest BCUT2D eigenvalue weighted by atomic mass is 32.2. The van der Waals surface area contributed by atoms with E-state index in [-0.39, 0.29) is 11.9 Å². The molecule has 1 aliphatic rings. The molecule has 1 aliphatic carbocycles. The SMILES string of the molecule is COCCn1c(SCC(=O)N[C@@H]2CCCc3ccccc32)nnc1-c1ccncc1. The number of carbonyl (C=O) groups excluding carboxylic acids is 1.